The Hall–Kier alpha value is -0.860. The average molecular weight is 260 g/mol. The fraction of sp³-hybridized carbons (Fsp3) is 0.647. The van der Waals surface area contributed by atoms with Crippen molar-refractivity contribution in [1.82, 2.24) is 4.90 Å². The lowest BCUT2D eigenvalue weighted by atomic mass is 9.98. The van der Waals surface area contributed by atoms with Gasteiger partial charge in [-0.05, 0) is 44.4 Å². The van der Waals surface area contributed by atoms with Crippen LogP contribution in [0.25, 0.3) is 0 Å². The number of hydrogen-bond acceptors (Lipinski definition) is 2. The highest BCUT2D eigenvalue weighted by Crippen LogP contribution is 2.26. The van der Waals surface area contributed by atoms with E-state index in [1.165, 1.54) is 42.4 Å². The largest absolute Gasteiger partial charge is 0.323 e. The van der Waals surface area contributed by atoms with Gasteiger partial charge in [0.25, 0.3) is 0 Å². The van der Waals surface area contributed by atoms with Crippen molar-refractivity contribution < 1.29 is 0 Å². The van der Waals surface area contributed by atoms with Crippen LogP contribution in [0.2, 0.25) is 0 Å². The molecule has 1 saturated carbocycles. The van der Waals surface area contributed by atoms with Crippen LogP contribution >= 0.6 is 0 Å². The molecule has 0 heterocycles. The molecule has 2 N–H and O–H groups in total. The smallest absolute Gasteiger partial charge is 0.0427 e. The maximum Gasteiger partial charge on any atom is 0.0427 e. The summed E-state index contributed by atoms with van der Waals surface area (Å²) in [6, 6.07) is 7.51. The molecule has 1 aromatic rings. The van der Waals surface area contributed by atoms with E-state index >= 15 is 0 Å². The van der Waals surface area contributed by atoms with Gasteiger partial charge in [-0.1, -0.05) is 43.5 Å². The Balaban J connectivity index is 2.06. The van der Waals surface area contributed by atoms with Crippen molar-refractivity contribution in [2.45, 2.75) is 58.5 Å². The number of nitrogens with zero attached hydrogens (tertiary/aromatic N) is 1. The number of benzene rings is 1. The first-order chi connectivity index (χ1) is 9.11. The molecule has 1 atom stereocenters. The quantitative estimate of drug-likeness (QED) is 0.877. The second-order valence-electron chi connectivity index (χ2n) is 5.99. The van der Waals surface area contributed by atoms with E-state index in [1.807, 2.05) is 0 Å². The maximum atomic E-state index is 6.47. The monoisotopic (exact) mass is 260 g/mol. The number of aryl methyl sites for hydroxylation is 2. The molecule has 19 heavy (non-hydrogen) atoms. The predicted molar refractivity (Wildman–Crippen MR) is 82.3 cm³/mol. The summed E-state index contributed by atoms with van der Waals surface area (Å²) < 4.78 is 0. The molecule has 2 nitrogen and oxygen atoms in total. The van der Waals surface area contributed by atoms with Gasteiger partial charge >= 0.3 is 0 Å². The SMILES string of the molecule is CCN(CC(N)c1cc(C)ccc1C)C1CCCC1. The summed E-state index contributed by atoms with van der Waals surface area (Å²) in [6.07, 6.45) is 5.49. The van der Waals surface area contributed by atoms with Gasteiger partial charge in [-0.15, -0.1) is 0 Å². The fourth-order valence-electron chi connectivity index (χ4n) is 3.32. The second-order valence-corrected chi connectivity index (χ2v) is 5.99. The van der Waals surface area contributed by atoms with Crippen LogP contribution in [0.1, 0.15) is 55.3 Å². The Labute approximate surface area is 118 Å². The third-order valence-corrected chi connectivity index (χ3v) is 4.51. The Morgan fingerprint density at radius 3 is 2.58 bits per heavy atom. The van der Waals surface area contributed by atoms with Gasteiger partial charge < -0.3 is 5.73 Å². The lowest BCUT2D eigenvalue weighted by Crippen LogP contribution is -2.38. The number of likely N-dealkylation sites (N-methyl/N-ethyl adjacent to an activating group) is 1. The van der Waals surface area contributed by atoms with Gasteiger partial charge in [0.15, 0.2) is 0 Å². The third-order valence-electron chi connectivity index (χ3n) is 4.51. The van der Waals surface area contributed by atoms with Crippen molar-refractivity contribution >= 4 is 0 Å². The molecule has 0 aromatic heterocycles. The van der Waals surface area contributed by atoms with Crippen molar-refractivity contribution in [2.75, 3.05) is 13.1 Å². The highest BCUT2D eigenvalue weighted by Gasteiger charge is 2.23. The van der Waals surface area contributed by atoms with Crippen molar-refractivity contribution in [3.63, 3.8) is 0 Å². The van der Waals surface area contributed by atoms with Gasteiger partial charge in [-0.2, -0.15) is 0 Å². The molecule has 0 saturated heterocycles. The molecule has 2 heteroatoms. The molecule has 0 radical (unpaired) electrons. The summed E-state index contributed by atoms with van der Waals surface area (Å²) in [4.78, 5) is 2.58. The zero-order chi connectivity index (χ0) is 13.8. The highest BCUT2D eigenvalue weighted by molar-refractivity contribution is 5.33. The summed E-state index contributed by atoms with van der Waals surface area (Å²) in [7, 11) is 0. The molecular weight excluding hydrogens is 232 g/mol. The fourth-order valence-corrected chi connectivity index (χ4v) is 3.32. The van der Waals surface area contributed by atoms with Gasteiger partial charge in [0.2, 0.25) is 0 Å². The van der Waals surface area contributed by atoms with Crippen LogP contribution in [0.3, 0.4) is 0 Å². The lowest BCUT2D eigenvalue weighted by molar-refractivity contribution is 0.196. The molecule has 0 bridgehead atoms. The van der Waals surface area contributed by atoms with Crippen molar-refractivity contribution in [3.8, 4) is 0 Å². The zero-order valence-electron chi connectivity index (χ0n) is 12.7. The van der Waals surface area contributed by atoms with Gasteiger partial charge in [0, 0.05) is 18.6 Å². The lowest BCUT2D eigenvalue weighted by Gasteiger charge is -2.30. The Morgan fingerprint density at radius 1 is 1.26 bits per heavy atom. The summed E-state index contributed by atoms with van der Waals surface area (Å²) >= 11 is 0. The molecule has 1 aliphatic rings. The highest BCUT2D eigenvalue weighted by atomic mass is 15.2. The van der Waals surface area contributed by atoms with Gasteiger partial charge in [0.05, 0.1) is 0 Å². The zero-order valence-corrected chi connectivity index (χ0v) is 12.7. The predicted octanol–water partition coefficient (Wildman–Crippen LogP) is 3.57. The summed E-state index contributed by atoms with van der Waals surface area (Å²) in [6.45, 7) is 8.67. The summed E-state index contributed by atoms with van der Waals surface area (Å²) in [5, 5.41) is 0. The molecule has 1 fully saturated rings. The Bertz CT molecular complexity index is 408. The Kier molecular flexibility index (Phi) is 5.00. The third kappa shape index (κ3) is 3.58. The van der Waals surface area contributed by atoms with Crippen LogP contribution in [0.15, 0.2) is 18.2 Å². The van der Waals surface area contributed by atoms with Crippen LogP contribution in [0.4, 0.5) is 0 Å². The normalized spacial score (nSPS) is 18.2. The molecule has 106 valence electrons. The van der Waals surface area contributed by atoms with Crippen LogP contribution in [0.5, 0.6) is 0 Å². The molecular formula is C17H28N2. The van der Waals surface area contributed by atoms with Crippen LogP contribution in [-0.4, -0.2) is 24.0 Å². The van der Waals surface area contributed by atoms with Crippen LogP contribution in [0, 0.1) is 13.8 Å². The van der Waals surface area contributed by atoms with E-state index in [1.54, 1.807) is 0 Å². The maximum absolute atomic E-state index is 6.47. The van der Waals surface area contributed by atoms with Gasteiger partial charge in [-0.3, -0.25) is 4.90 Å². The first-order valence-corrected chi connectivity index (χ1v) is 7.68. The Morgan fingerprint density at radius 2 is 1.95 bits per heavy atom. The van der Waals surface area contributed by atoms with E-state index in [-0.39, 0.29) is 6.04 Å². The number of rotatable bonds is 5. The molecule has 0 spiro atoms. The van der Waals surface area contributed by atoms with E-state index in [9.17, 15) is 0 Å². The second kappa shape index (κ2) is 6.53. The van der Waals surface area contributed by atoms with Crippen molar-refractivity contribution in [1.29, 1.82) is 0 Å². The first-order valence-electron chi connectivity index (χ1n) is 7.68. The molecule has 1 unspecified atom stereocenters. The molecule has 0 amide bonds. The minimum absolute atomic E-state index is 0.139. The minimum Gasteiger partial charge on any atom is -0.323 e. The average Bonchev–Trinajstić information content (AvgIpc) is 2.92. The van der Waals surface area contributed by atoms with Gasteiger partial charge in [0.1, 0.15) is 0 Å². The minimum atomic E-state index is 0.139. The van der Waals surface area contributed by atoms with Crippen LogP contribution in [-0.2, 0) is 0 Å². The summed E-state index contributed by atoms with van der Waals surface area (Å²) in [5.41, 5.74) is 10.4. The van der Waals surface area contributed by atoms with E-state index in [2.05, 4.69) is 43.9 Å². The standard InChI is InChI=1S/C17H28N2/c1-4-19(15-7-5-6-8-15)12-17(18)16-11-13(2)9-10-14(16)3/h9-11,15,17H,4-8,12,18H2,1-3H3. The molecule has 0 aliphatic heterocycles. The van der Waals surface area contributed by atoms with Gasteiger partial charge in [-0.25, -0.2) is 0 Å². The first kappa shape index (κ1) is 14.5. The van der Waals surface area contributed by atoms with E-state index < -0.39 is 0 Å². The van der Waals surface area contributed by atoms with Crippen molar-refractivity contribution in [3.05, 3.63) is 34.9 Å². The molecule has 1 aliphatic carbocycles. The van der Waals surface area contributed by atoms with E-state index in [0.29, 0.717) is 0 Å². The number of hydrogen-bond donors (Lipinski definition) is 1. The topological polar surface area (TPSA) is 29.3 Å². The van der Waals surface area contributed by atoms with Crippen LogP contribution < -0.4 is 5.73 Å². The number of nitrogens with two attached hydrogens (primary N) is 1. The van der Waals surface area contributed by atoms with E-state index in [0.717, 1.165) is 19.1 Å². The van der Waals surface area contributed by atoms with Crippen molar-refractivity contribution in [2.24, 2.45) is 5.73 Å². The molecule has 1 aromatic carbocycles. The summed E-state index contributed by atoms with van der Waals surface area (Å²) in [5.74, 6) is 0. The molecule has 2 rings (SSSR count). The van der Waals surface area contributed by atoms with E-state index in [4.69, 9.17) is 5.73 Å².